The van der Waals surface area contributed by atoms with Crippen LogP contribution in [0.5, 0.6) is 11.6 Å². The van der Waals surface area contributed by atoms with Crippen molar-refractivity contribution in [2.45, 2.75) is 32.1 Å². The van der Waals surface area contributed by atoms with Crippen molar-refractivity contribution >= 4 is 28.5 Å². The first-order valence-corrected chi connectivity index (χ1v) is 12.3. The molecule has 2 aromatic carbocycles. The number of carbonyl (C=O) groups excluding carboxylic acids is 2. The molecule has 0 radical (unpaired) electrons. The van der Waals surface area contributed by atoms with E-state index in [4.69, 9.17) is 4.74 Å². The summed E-state index contributed by atoms with van der Waals surface area (Å²) in [7, 11) is 0. The van der Waals surface area contributed by atoms with E-state index in [9.17, 15) is 27.2 Å². The molecule has 4 aromatic rings. The molecule has 2 N–H and O–H groups in total. The van der Waals surface area contributed by atoms with Gasteiger partial charge in [-0.15, -0.1) is 0 Å². The molecule has 3 heterocycles. The number of hydrogen-bond donors (Lipinski definition) is 2. The van der Waals surface area contributed by atoms with Crippen LogP contribution < -0.4 is 15.4 Å². The Morgan fingerprint density at radius 1 is 1.10 bits per heavy atom. The van der Waals surface area contributed by atoms with Crippen molar-refractivity contribution in [1.82, 2.24) is 24.8 Å². The second-order valence-corrected chi connectivity index (χ2v) is 9.40. The van der Waals surface area contributed by atoms with Gasteiger partial charge in [-0.25, -0.2) is 19.2 Å². The monoisotopic (exact) mass is 556 g/mol. The minimum absolute atomic E-state index is 0.0510. The van der Waals surface area contributed by atoms with Gasteiger partial charge in [0, 0.05) is 55.9 Å². The van der Waals surface area contributed by atoms with Crippen LogP contribution in [0.1, 0.15) is 24.6 Å². The van der Waals surface area contributed by atoms with Crippen LogP contribution in [0.3, 0.4) is 0 Å². The molecule has 0 saturated carbocycles. The van der Waals surface area contributed by atoms with Crippen LogP contribution in [0.25, 0.3) is 10.9 Å². The van der Waals surface area contributed by atoms with Gasteiger partial charge in [-0.2, -0.15) is 13.2 Å². The van der Waals surface area contributed by atoms with E-state index in [1.54, 1.807) is 30.3 Å². The second kappa shape index (κ2) is 10.9. The van der Waals surface area contributed by atoms with Crippen LogP contribution in [0, 0.1) is 5.82 Å². The van der Waals surface area contributed by atoms with Crippen LogP contribution in [0.4, 0.5) is 28.0 Å². The fourth-order valence-electron chi connectivity index (χ4n) is 4.62. The first kappa shape index (κ1) is 27.1. The first-order chi connectivity index (χ1) is 19.0. The molecule has 208 valence electrons. The Labute approximate surface area is 225 Å². The minimum Gasteiger partial charge on any atom is -0.439 e. The third-order valence-electron chi connectivity index (χ3n) is 6.39. The van der Waals surface area contributed by atoms with Crippen LogP contribution in [-0.2, 0) is 17.5 Å². The number of anilines is 1. The molecule has 0 spiro atoms. The van der Waals surface area contributed by atoms with Crippen LogP contribution in [0.2, 0.25) is 0 Å². The number of halogens is 4. The zero-order valence-electron chi connectivity index (χ0n) is 21.2. The summed E-state index contributed by atoms with van der Waals surface area (Å²) in [6.45, 7) is 3.63. The highest BCUT2D eigenvalue weighted by Gasteiger charge is 2.34. The number of nitrogens with one attached hydrogen (secondary N) is 2. The summed E-state index contributed by atoms with van der Waals surface area (Å²) in [4.78, 5) is 34.7. The van der Waals surface area contributed by atoms with E-state index in [-0.39, 0.29) is 17.6 Å². The fraction of sp³-hybridized carbons (Fsp3) is 0.259. The third-order valence-corrected chi connectivity index (χ3v) is 6.39. The van der Waals surface area contributed by atoms with Crippen LogP contribution in [0.15, 0.2) is 61.1 Å². The molecule has 1 saturated heterocycles. The lowest BCUT2D eigenvalue weighted by Gasteiger charge is -2.16. The Bertz CT molecular complexity index is 1570. The van der Waals surface area contributed by atoms with E-state index < -0.39 is 23.6 Å². The third kappa shape index (κ3) is 6.20. The van der Waals surface area contributed by atoms with Crippen molar-refractivity contribution in [1.29, 1.82) is 0 Å². The maximum Gasteiger partial charge on any atom is 0.419 e. The van der Waals surface area contributed by atoms with Crippen molar-refractivity contribution in [2.24, 2.45) is 0 Å². The minimum atomic E-state index is -4.89. The molecule has 40 heavy (non-hydrogen) atoms. The highest BCUT2D eigenvalue weighted by Crippen LogP contribution is 2.33. The van der Waals surface area contributed by atoms with Gasteiger partial charge in [-0.3, -0.25) is 14.3 Å². The van der Waals surface area contributed by atoms with Crippen molar-refractivity contribution in [3.8, 4) is 11.6 Å². The fourth-order valence-corrected chi connectivity index (χ4v) is 4.62. The number of fused-ring (bicyclic) bond motifs is 1. The molecule has 0 aliphatic carbocycles. The molecule has 0 bridgehead atoms. The highest BCUT2D eigenvalue weighted by molar-refractivity contribution is 5.98. The average Bonchev–Trinajstić information content (AvgIpc) is 3.50. The van der Waals surface area contributed by atoms with Gasteiger partial charge in [0.15, 0.2) is 0 Å². The quantitative estimate of drug-likeness (QED) is 0.318. The number of amides is 2. The maximum absolute atomic E-state index is 13.6. The molecule has 1 aliphatic rings. The molecule has 9 nitrogen and oxygen atoms in total. The van der Waals surface area contributed by atoms with E-state index in [0.29, 0.717) is 41.2 Å². The van der Waals surface area contributed by atoms with Gasteiger partial charge in [0.2, 0.25) is 11.8 Å². The molecule has 13 heteroatoms. The molecule has 5 rings (SSSR count). The summed E-state index contributed by atoms with van der Waals surface area (Å²) in [5.41, 5.74) is -0.424. The van der Waals surface area contributed by atoms with E-state index in [1.807, 2.05) is 0 Å². The molecular formula is C27H24F4N6O3. The summed E-state index contributed by atoms with van der Waals surface area (Å²) in [6, 6.07) is 9.99. The largest absolute Gasteiger partial charge is 0.439 e. The summed E-state index contributed by atoms with van der Waals surface area (Å²) >= 11 is 0. The van der Waals surface area contributed by atoms with Gasteiger partial charge >= 0.3 is 12.2 Å². The Morgan fingerprint density at radius 2 is 1.93 bits per heavy atom. The smallest absolute Gasteiger partial charge is 0.419 e. The van der Waals surface area contributed by atoms with Gasteiger partial charge in [0.05, 0.1) is 16.8 Å². The van der Waals surface area contributed by atoms with E-state index in [1.165, 1.54) is 24.0 Å². The SMILES string of the molecule is CC(=O)NC1CCN(Cc2cc(Oc3ccc4c(ccn4C(=O)Nc4ccc(F)c(C(F)(F)F)c4)c3)ncn2)C1. The van der Waals surface area contributed by atoms with Gasteiger partial charge in [0.25, 0.3) is 0 Å². The van der Waals surface area contributed by atoms with Crippen LogP contribution >= 0.6 is 0 Å². The zero-order valence-corrected chi connectivity index (χ0v) is 21.2. The Kier molecular flexibility index (Phi) is 7.39. The lowest BCUT2D eigenvalue weighted by atomic mass is 10.2. The van der Waals surface area contributed by atoms with Crippen molar-refractivity contribution < 1.29 is 31.9 Å². The summed E-state index contributed by atoms with van der Waals surface area (Å²) in [5.74, 6) is -0.691. The first-order valence-electron chi connectivity index (χ1n) is 12.3. The van der Waals surface area contributed by atoms with Crippen molar-refractivity contribution in [3.63, 3.8) is 0 Å². The van der Waals surface area contributed by atoms with Gasteiger partial charge < -0.3 is 15.4 Å². The summed E-state index contributed by atoms with van der Waals surface area (Å²) in [6.07, 6.45) is -1.16. The number of aromatic nitrogens is 3. The van der Waals surface area contributed by atoms with Crippen molar-refractivity contribution in [2.75, 3.05) is 18.4 Å². The number of alkyl halides is 3. The Balaban J connectivity index is 1.25. The van der Waals surface area contributed by atoms with E-state index in [0.717, 1.165) is 31.3 Å². The molecule has 1 fully saturated rings. The van der Waals surface area contributed by atoms with Gasteiger partial charge in [-0.1, -0.05) is 0 Å². The number of hydrogen-bond acceptors (Lipinski definition) is 6. The highest BCUT2D eigenvalue weighted by atomic mass is 19.4. The van der Waals surface area contributed by atoms with Crippen molar-refractivity contribution in [3.05, 3.63) is 78.1 Å². The number of nitrogens with zero attached hydrogens (tertiary/aromatic N) is 4. The number of benzene rings is 2. The van der Waals surface area contributed by atoms with Crippen LogP contribution in [-0.4, -0.2) is 50.5 Å². The second-order valence-electron chi connectivity index (χ2n) is 9.40. The molecule has 1 atom stereocenters. The maximum atomic E-state index is 13.6. The predicted octanol–water partition coefficient (Wildman–Crippen LogP) is 5.17. The molecule has 1 aliphatic heterocycles. The topological polar surface area (TPSA) is 101 Å². The summed E-state index contributed by atoms with van der Waals surface area (Å²) < 4.78 is 59.7. The lowest BCUT2D eigenvalue weighted by molar-refractivity contribution is -0.140. The number of carbonyl (C=O) groups is 2. The van der Waals surface area contributed by atoms with E-state index >= 15 is 0 Å². The molecule has 1 unspecified atom stereocenters. The molecular weight excluding hydrogens is 532 g/mol. The standard InChI is InChI=1S/C27H24F4N6O3/c1-16(38)34-19-7-8-36(13-19)14-20-12-25(33-15-32-20)40-21-3-5-24-17(10-21)6-9-37(24)26(39)35-18-2-4-23(28)22(11-18)27(29,30)31/h2-6,9-12,15,19H,7-8,13-14H2,1H3,(H,34,38)(H,35,39). The molecule has 2 amide bonds. The van der Waals surface area contributed by atoms with Gasteiger partial charge in [0.1, 0.15) is 17.9 Å². The zero-order chi connectivity index (χ0) is 28.4. The average molecular weight is 557 g/mol. The Morgan fingerprint density at radius 3 is 2.70 bits per heavy atom. The summed E-state index contributed by atoms with van der Waals surface area (Å²) in [5, 5.41) is 5.93. The number of ether oxygens (including phenoxy) is 1. The lowest BCUT2D eigenvalue weighted by Crippen LogP contribution is -2.35. The van der Waals surface area contributed by atoms with E-state index in [2.05, 4.69) is 25.5 Å². The predicted molar refractivity (Wildman–Crippen MR) is 137 cm³/mol. The molecule has 2 aromatic heterocycles. The Hall–Kier alpha value is -4.52. The normalized spacial score (nSPS) is 15.8. The number of likely N-dealkylation sites (tertiary alicyclic amines) is 1. The number of rotatable bonds is 6. The van der Waals surface area contributed by atoms with Gasteiger partial charge in [-0.05, 0) is 48.9 Å².